The third-order valence-electron chi connectivity index (χ3n) is 2.83. The zero-order valence-corrected chi connectivity index (χ0v) is 11.4. The second-order valence-electron chi connectivity index (χ2n) is 4.39. The summed E-state index contributed by atoms with van der Waals surface area (Å²) in [5.74, 6) is -0.622. The number of carbonyl (C=O) groups is 1. The van der Waals surface area contributed by atoms with Crippen molar-refractivity contribution in [3.8, 4) is 0 Å². The van der Waals surface area contributed by atoms with Crippen molar-refractivity contribution in [1.82, 2.24) is 4.90 Å². The monoisotopic (exact) mass is 268 g/mol. The summed E-state index contributed by atoms with van der Waals surface area (Å²) in [5, 5.41) is 10.5. The Labute approximate surface area is 112 Å². The van der Waals surface area contributed by atoms with Crippen molar-refractivity contribution in [3.63, 3.8) is 0 Å². The molecule has 0 saturated carbocycles. The molecule has 0 atom stereocenters. The third-order valence-corrected chi connectivity index (χ3v) is 2.83. The molecule has 1 heterocycles. The molecule has 0 fully saturated rings. The highest BCUT2D eigenvalue weighted by atomic mass is 16.6. The zero-order valence-electron chi connectivity index (χ0n) is 11.4. The van der Waals surface area contributed by atoms with Crippen LogP contribution in [0.5, 0.6) is 0 Å². The molecule has 19 heavy (non-hydrogen) atoms. The summed E-state index contributed by atoms with van der Waals surface area (Å²) in [6.07, 6.45) is 3.82. The van der Waals surface area contributed by atoms with Crippen molar-refractivity contribution in [2.24, 2.45) is 0 Å². The molecule has 106 valence electrons. The minimum atomic E-state index is -0.640. The molecule has 0 bridgehead atoms. The normalized spacial score (nSPS) is 10.4. The molecule has 1 aromatic rings. The van der Waals surface area contributed by atoms with E-state index in [1.807, 2.05) is 0 Å². The van der Waals surface area contributed by atoms with Crippen molar-refractivity contribution >= 4 is 11.8 Å². The summed E-state index contributed by atoms with van der Waals surface area (Å²) in [5.41, 5.74) is 0. The molecular formula is C13H20N2O4. The average Bonchev–Trinajstić information content (AvgIpc) is 2.88. The van der Waals surface area contributed by atoms with E-state index in [0.29, 0.717) is 13.1 Å². The minimum Gasteiger partial charge on any atom is -0.395 e. The highest BCUT2D eigenvalue weighted by Gasteiger charge is 2.21. The molecule has 0 aliphatic heterocycles. The summed E-state index contributed by atoms with van der Waals surface area (Å²) in [4.78, 5) is 23.8. The van der Waals surface area contributed by atoms with Gasteiger partial charge in [-0.15, -0.1) is 0 Å². The van der Waals surface area contributed by atoms with Crippen LogP contribution in [-0.2, 0) is 0 Å². The number of carbonyl (C=O) groups excluding carboxylic acids is 1. The SMILES string of the molecule is CCCCN(CCCC)C(=O)c1ccc([N+](=O)[O-])o1. The quantitative estimate of drug-likeness (QED) is 0.535. The Morgan fingerprint density at radius 1 is 1.26 bits per heavy atom. The van der Waals surface area contributed by atoms with E-state index in [1.54, 1.807) is 4.90 Å². The van der Waals surface area contributed by atoms with Gasteiger partial charge in [0.15, 0.2) is 5.76 Å². The van der Waals surface area contributed by atoms with E-state index in [0.717, 1.165) is 25.7 Å². The molecule has 0 saturated heterocycles. The van der Waals surface area contributed by atoms with Crippen LogP contribution in [0, 0.1) is 10.1 Å². The first-order chi connectivity index (χ1) is 9.10. The molecule has 0 aliphatic rings. The van der Waals surface area contributed by atoms with Crippen LogP contribution in [0.1, 0.15) is 50.1 Å². The van der Waals surface area contributed by atoms with Crippen LogP contribution in [0.3, 0.4) is 0 Å². The molecule has 0 spiro atoms. The standard InChI is InChI=1S/C13H20N2O4/c1-3-5-9-14(10-6-4-2)13(16)11-7-8-12(19-11)15(17)18/h7-8H,3-6,9-10H2,1-2H3. The smallest absolute Gasteiger partial charge is 0.395 e. The molecule has 1 amide bonds. The van der Waals surface area contributed by atoms with Gasteiger partial charge in [0, 0.05) is 13.1 Å². The fourth-order valence-electron chi connectivity index (χ4n) is 1.71. The lowest BCUT2D eigenvalue weighted by molar-refractivity contribution is -0.402. The number of furan rings is 1. The van der Waals surface area contributed by atoms with Crippen molar-refractivity contribution < 1.29 is 14.1 Å². The van der Waals surface area contributed by atoms with Gasteiger partial charge >= 0.3 is 5.88 Å². The Morgan fingerprint density at radius 2 is 1.84 bits per heavy atom. The molecular weight excluding hydrogens is 248 g/mol. The number of hydrogen-bond donors (Lipinski definition) is 0. The fourth-order valence-corrected chi connectivity index (χ4v) is 1.71. The maximum atomic E-state index is 12.2. The predicted molar refractivity (Wildman–Crippen MR) is 71.1 cm³/mol. The van der Waals surface area contributed by atoms with Crippen LogP contribution in [0.25, 0.3) is 0 Å². The van der Waals surface area contributed by atoms with E-state index in [1.165, 1.54) is 12.1 Å². The Hall–Kier alpha value is -1.85. The highest BCUT2D eigenvalue weighted by molar-refractivity contribution is 5.91. The number of amides is 1. The van der Waals surface area contributed by atoms with E-state index in [-0.39, 0.29) is 11.7 Å². The molecule has 6 heteroatoms. The highest BCUT2D eigenvalue weighted by Crippen LogP contribution is 2.17. The number of hydrogen-bond acceptors (Lipinski definition) is 4. The largest absolute Gasteiger partial charge is 0.433 e. The third kappa shape index (κ3) is 4.39. The van der Waals surface area contributed by atoms with Gasteiger partial charge in [-0.25, -0.2) is 0 Å². The molecule has 0 aliphatic carbocycles. The second kappa shape index (κ2) is 7.56. The van der Waals surface area contributed by atoms with E-state index < -0.39 is 10.8 Å². The molecule has 0 aromatic carbocycles. The summed E-state index contributed by atoms with van der Waals surface area (Å²) < 4.78 is 4.96. The molecule has 0 N–H and O–H groups in total. The topological polar surface area (TPSA) is 76.6 Å². The number of nitrogens with zero attached hydrogens (tertiary/aromatic N) is 2. The number of unbranched alkanes of at least 4 members (excludes halogenated alkanes) is 2. The minimum absolute atomic E-state index is 0.0407. The van der Waals surface area contributed by atoms with Gasteiger partial charge in [0.25, 0.3) is 5.91 Å². The lowest BCUT2D eigenvalue weighted by atomic mass is 10.2. The van der Waals surface area contributed by atoms with Crippen molar-refractivity contribution in [2.75, 3.05) is 13.1 Å². The molecule has 1 aromatic heterocycles. The lowest BCUT2D eigenvalue weighted by Gasteiger charge is -2.20. The van der Waals surface area contributed by atoms with Crippen LogP contribution in [0.15, 0.2) is 16.5 Å². The fraction of sp³-hybridized carbons (Fsp3) is 0.615. The van der Waals surface area contributed by atoms with Crippen molar-refractivity contribution in [2.45, 2.75) is 39.5 Å². The van der Waals surface area contributed by atoms with Gasteiger partial charge in [-0.05, 0) is 18.9 Å². The van der Waals surface area contributed by atoms with Crippen LogP contribution in [-0.4, -0.2) is 28.8 Å². The van der Waals surface area contributed by atoms with Gasteiger partial charge in [-0.1, -0.05) is 26.7 Å². The molecule has 6 nitrogen and oxygen atoms in total. The summed E-state index contributed by atoms with van der Waals surface area (Å²) >= 11 is 0. The number of nitro groups is 1. The van der Waals surface area contributed by atoms with Crippen LogP contribution in [0.4, 0.5) is 5.88 Å². The van der Waals surface area contributed by atoms with Crippen LogP contribution >= 0.6 is 0 Å². The number of rotatable bonds is 8. The summed E-state index contributed by atoms with van der Waals surface area (Å²) in [6.45, 7) is 5.42. The van der Waals surface area contributed by atoms with Gasteiger partial charge in [-0.2, -0.15) is 0 Å². The summed E-state index contributed by atoms with van der Waals surface area (Å²) in [6, 6.07) is 2.58. The van der Waals surface area contributed by atoms with Gasteiger partial charge in [0.05, 0.1) is 6.07 Å². The first-order valence-electron chi connectivity index (χ1n) is 6.63. The van der Waals surface area contributed by atoms with Crippen molar-refractivity contribution in [1.29, 1.82) is 0 Å². The van der Waals surface area contributed by atoms with Gasteiger partial charge in [-0.3, -0.25) is 14.9 Å². The van der Waals surface area contributed by atoms with Crippen LogP contribution in [0.2, 0.25) is 0 Å². The first-order valence-corrected chi connectivity index (χ1v) is 6.63. The second-order valence-corrected chi connectivity index (χ2v) is 4.39. The molecule has 0 radical (unpaired) electrons. The van der Waals surface area contributed by atoms with E-state index in [4.69, 9.17) is 4.42 Å². The maximum Gasteiger partial charge on any atom is 0.433 e. The Bertz CT molecular complexity index is 420. The first kappa shape index (κ1) is 15.2. The van der Waals surface area contributed by atoms with E-state index in [9.17, 15) is 14.9 Å². The molecule has 0 unspecified atom stereocenters. The maximum absolute atomic E-state index is 12.2. The van der Waals surface area contributed by atoms with Gasteiger partial charge in [0.1, 0.15) is 4.92 Å². The van der Waals surface area contributed by atoms with Gasteiger partial charge < -0.3 is 9.32 Å². The van der Waals surface area contributed by atoms with Gasteiger partial charge in [0.2, 0.25) is 0 Å². The summed E-state index contributed by atoms with van der Waals surface area (Å²) in [7, 11) is 0. The zero-order chi connectivity index (χ0) is 14.3. The predicted octanol–water partition coefficient (Wildman–Crippen LogP) is 3.23. The Kier molecular flexibility index (Phi) is 6.05. The Morgan fingerprint density at radius 3 is 2.26 bits per heavy atom. The average molecular weight is 268 g/mol. The van der Waals surface area contributed by atoms with E-state index in [2.05, 4.69) is 13.8 Å². The van der Waals surface area contributed by atoms with E-state index >= 15 is 0 Å². The molecule has 1 rings (SSSR count). The van der Waals surface area contributed by atoms with Crippen molar-refractivity contribution in [3.05, 3.63) is 28.0 Å². The van der Waals surface area contributed by atoms with Crippen LogP contribution < -0.4 is 0 Å². The lowest BCUT2D eigenvalue weighted by Crippen LogP contribution is -2.32. The Balaban J connectivity index is 2.75.